The average molecular weight is 572 g/mol. The van der Waals surface area contributed by atoms with E-state index in [2.05, 4.69) is 26.4 Å². The molecule has 6 rings (SSSR count). The molecule has 0 aliphatic carbocycles. The number of rotatable bonds is 10. The van der Waals surface area contributed by atoms with Crippen LogP contribution < -0.4 is 10.1 Å². The number of carbonyl (C=O) groups is 1. The van der Waals surface area contributed by atoms with Gasteiger partial charge in [-0.15, -0.1) is 11.3 Å². The van der Waals surface area contributed by atoms with Gasteiger partial charge in [-0.3, -0.25) is 14.6 Å². The molecule has 0 bridgehead atoms. The van der Waals surface area contributed by atoms with Crippen LogP contribution in [0.3, 0.4) is 0 Å². The molecule has 3 aromatic heterocycles. The van der Waals surface area contributed by atoms with Gasteiger partial charge in [-0.05, 0) is 61.8 Å². The van der Waals surface area contributed by atoms with E-state index in [0.717, 1.165) is 45.9 Å². The number of esters is 1. The van der Waals surface area contributed by atoms with E-state index < -0.39 is 5.82 Å². The second-order valence-corrected chi connectivity index (χ2v) is 11.0. The van der Waals surface area contributed by atoms with E-state index in [1.54, 1.807) is 48.4 Å². The van der Waals surface area contributed by atoms with Crippen molar-refractivity contribution < 1.29 is 18.7 Å². The van der Waals surface area contributed by atoms with Gasteiger partial charge < -0.3 is 14.8 Å². The second kappa shape index (κ2) is 12.1. The summed E-state index contributed by atoms with van der Waals surface area (Å²) in [5.74, 6) is -0.102. The third-order valence-corrected chi connectivity index (χ3v) is 8.24. The molecule has 0 radical (unpaired) electrons. The monoisotopic (exact) mass is 571 g/mol. The molecule has 4 heterocycles. The maximum Gasteiger partial charge on any atom is 0.338 e. The lowest BCUT2D eigenvalue weighted by Crippen LogP contribution is -2.18. The number of ether oxygens (including phenoxy) is 2. The summed E-state index contributed by atoms with van der Waals surface area (Å²) >= 11 is 1.50. The van der Waals surface area contributed by atoms with E-state index in [1.165, 1.54) is 30.2 Å². The maximum atomic E-state index is 14.5. The Hall–Kier alpha value is -4.28. The standard InChI is InChI=1S/C31H30FN5O3S/c1-33-24-7-8-27(25(32)16-24)40-28-9-10-34-26-17-29(41-30(26)28)23-18-35-37(20-23)13-14-39-31(38)22-6-4-5-21(15-22)19-36-11-2-3-12-36/h4-10,15-18,20,33H,2-3,11-14,19H2,1H3. The van der Waals surface area contributed by atoms with Crippen LogP contribution in [0.4, 0.5) is 10.1 Å². The van der Waals surface area contributed by atoms with Crippen molar-refractivity contribution in [3.05, 3.63) is 90.1 Å². The molecule has 8 nitrogen and oxygen atoms in total. The van der Waals surface area contributed by atoms with Crippen molar-refractivity contribution in [1.82, 2.24) is 19.7 Å². The number of aromatic nitrogens is 3. The first-order valence-corrected chi connectivity index (χ1v) is 14.4. The number of hydrogen-bond donors (Lipinski definition) is 1. The van der Waals surface area contributed by atoms with Crippen LogP contribution in [0, 0.1) is 5.82 Å². The van der Waals surface area contributed by atoms with Crippen molar-refractivity contribution in [3.63, 3.8) is 0 Å². The summed E-state index contributed by atoms with van der Waals surface area (Å²) in [5, 5.41) is 7.35. The molecule has 1 saturated heterocycles. The smallest absolute Gasteiger partial charge is 0.338 e. The van der Waals surface area contributed by atoms with Crippen LogP contribution in [0.15, 0.2) is 73.2 Å². The Bertz CT molecular complexity index is 1680. The Morgan fingerprint density at radius 2 is 1.98 bits per heavy atom. The van der Waals surface area contributed by atoms with E-state index in [1.807, 2.05) is 24.4 Å². The maximum absolute atomic E-state index is 14.5. The SMILES string of the molecule is CNc1ccc(Oc2ccnc3cc(-c4cnn(CCOC(=O)c5cccc(CN6CCCC6)c5)c4)sc23)c(F)c1. The van der Waals surface area contributed by atoms with Crippen LogP contribution >= 0.6 is 11.3 Å². The highest BCUT2D eigenvalue weighted by atomic mass is 32.1. The lowest BCUT2D eigenvalue weighted by atomic mass is 10.1. The fourth-order valence-electron chi connectivity index (χ4n) is 4.92. The zero-order chi connectivity index (χ0) is 28.2. The lowest BCUT2D eigenvalue weighted by molar-refractivity contribution is 0.0487. The fourth-order valence-corrected chi connectivity index (χ4v) is 5.96. The highest BCUT2D eigenvalue weighted by Crippen LogP contribution is 2.39. The predicted molar refractivity (Wildman–Crippen MR) is 158 cm³/mol. The number of anilines is 1. The van der Waals surface area contributed by atoms with Gasteiger partial charge >= 0.3 is 5.97 Å². The fraction of sp³-hybridized carbons (Fsp3) is 0.258. The summed E-state index contributed by atoms with van der Waals surface area (Å²) < 4.78 is 28.5. The Labute approximate surface area is 241 Å². The number of fused-ring (bicyclic) bond motifs is 1. The van der Waals surface area contributed by atoms with Crippen LogP contribution in [0.1, 0.15) is 28.8 Å². The van der Waals surface area contributed by atoms with Crippen molar-refractivity contribution in [1.29, 1.82) is 0 Å². The number of halogens is 1. The quantitative estimate of drug-likeness (QED) is 0.190. The lowest BCUT2D eigenvalue weighted by Gasteiger charge is -2.15. The predicted octanol–water partition coefficient (Wildman–Crippen LogP) is 6.59. The number of carbonyl (C=O) groups excluding carboxylic acids is 1. The number of likely N-dealkylation sites (tertiary alicyclic amines) is 1. The average Bonchev–Trinajstić information content (AvgIpc) is 3.76. The van der Waals surface area contributed by atoms with Crippen molar-refractivity contribution in [3.8, 4) is 21.9 Å². The summed E-state index contributed by atoms with van der Waals surface area (Å²) in [6.07, 6.45) is 7.80. The first kappa shape index (κ1) is 26.9. The molecular formula is C31H30FN5O3S. The van der Waals surface area contributed by atoms with Crippen molar-refractivity contribution in [2.75, 3.05) is 32.1 Å². The van der Waals surface area contributed by atoms with Crippen molar-refractivity contribution in [2.24, 2.45) is 0 Å². The normalized spacial score (nSPS) is 13.5. The van der Waals surface area contributed by atoms with Crippen LogP contribution in [-0.4, -0.2) is 52.4 Å². The van der Waals surface area contributed by atoms with Gasteiger partial charge in [0, 0.05) is 54.2 Å². The third-order valence-electron chi connectivity index (χ3n) is 7.06. The minimum Gasteiger partial charge on any atom is -0.460 e. The van der Waals surface area contributed by atoms with Gasteiger partial charge in [0.05, 0.1) is 28.5 Å². The zero-order valence-corrected chi connectivity index (χ0v) is 23.5. The summed E-state index contributed by atoms with van der Waals surface area (Å²) in [6, 6.07) is 16.1. The molecule has 1 aliphatic heterocycles. The van der Waals surface area contributed by atoms with Gasteiger partial charge in [-0.2, -0.15) is 5.10 Å². The van der Waals surface area contributed by atoms with Gasteiger partial charge in [-0.25, -0.2) is 9.18 Å². The van der Waals surface area contributed by atoms with Crippen molar-refractivity contribution >= 4 is 33.2 Å². The molecule has 0 atom stereocenters. The first-order valence-electron chi connectivity index (χ1n) is 13.6. The number of thiophene rings is 1. The van der Waals surface area contributed by atoms with Crippen LogP contribution in [0.5, 0.6) is 11.5 Å². The Morgan fingerprint density at radius 1 is 1.10 bits per heavy atom. The van der Waals surface area contributed by atoms with Gasteiger partial charge in [0.15, 0.2) is 11.6 Å². The van der Waals surface area contributed by atoms with Crippen LogP contribution in [-0.2, 0) is 17.8 Å². The summed E-state index contributed by atoms with van der Waals surface area (Å²) in [7, 11) is 1.74. The largest absolute Gasteiger partial charge is 0.460 e. The number of nitrogens with zero attached hydrogens (tertiary/aromatic N) is 4. The van der Waals surface area contributed by atoms with Crippen molar-refractivity contribution in [2.45, 2.75) is 25.9 Å². The zero-order valence-electron chi connectivity index (χ0n) is 22.7. The molecule has 1 aliphatic rings. The Kier molecular flexibility index (Phi) is 7.93. The molecule has 0 unspecified atom stereocenters. The minimum atomic E-state index is -0.449. The van der Waals surface area contributed by atoms with Gasteiger partial charge in [-0.1, -0.05) is 12.1 Å². The van der Waals surface area contributed by atoms with E-state index in [-0.39, 0.29) is 18.3 Å². The molecule has 1 fully saturated rings. The molecule has 0 spiro atoms. The van der Waals surface area contributed by atoms with Crippen LogP contribution in [0.2, 0.25) is 0 Å². The molecule has 10 heteroatoms. The van der Waals surface area contributed by atoms with Gasteiger partial charge in [0.25, 0.3) is 0 Å². The third kappa shape index (κ3) is 6.23. The van der Waals surface area contributed by atoms with E-state index in [0.29, 0.717) is 23.5 Å². The first-order chi connectivity index (χ1) is 20.1. The van der Waals surface area contributed by atoms with E-state index in [9.17, 15) is 9.18 Å². The number of hydrogen-bond acceptors (Lipinski definition) is 8. The van der Waals surface area contributed by atoms with Gasteiger partial charge in [0.2, 0.25) is 0 Å². The summed E-state index contributed by atoms with van der Waals surface area (Å²) in [5.41, 5.74) is 4.02. The minimum absolute atomic E-state index is 0.145. The topological polar surface area (TPSA) is 81.5 Å². The van der Waals surface area contributed by atoms with E-state index in [4.69, 9.17) is 9.47 Å². The molecule has 2 aromatic carbocycles. The molecule has 0 saturated carbocycles. The summed E-state index contributed by atoms with van der Waals surface area (Å²) in [4.78, 5) is 20.5. The molecule has 5 aromatic rings. The number of nitrogens with one attached hydrogen (secondary N) is 1. The highest BCUT2D eigenvalue weighted by molar-refractivity contribution is 7.22. The molecule has 1 N–H and O–H groups in total. The van der Waals surface area contributed by atoms with Crippen LogP contribution in [0.25, 0.3) is 20.7 Å². The van der Waals surface area contributed by atoms with E-state index >= 15 is 0 Å². The van der Waals surface area contributed by atoms with Gasteiger partial charge in [0.1, 0.15) is 12.4 Å². The molecule has 41 heavy (non-hydrogen) atoms. The number of benzene rings is 2. The molecule has 0 amide bonds. The highest BCUT2D eigenvalue weighted by Gasteiger charge is 2.16. The Morgan fingerprint density at radius 3 is 2.80 bits per heavy atom. The second-order valence-electron chi connectivity index (χ2n) is 9.94. The Balaban J connectivity index is 1.08. The molecular weight excluding hydrogens is 541 g/mol. The summed E-state index contributed by atoms with van der Waals surface area (Å²) in [6.45, 7) is 3.72. The number of pyridine rings is 1. The molecule has 210 valence electrons.